The molecule has 2 atom stereocenters. The number of esters is 1. The summed E-state index contributed by atoms with van der Waals surface area (Å²) in [7, 11) is 0. The second-order valence-electron chi connectivity index (χ2n) is 7.62. The number of rotatable bonds is 5. The first-order chi connectivity index (χ1) is 12.9. The van der Waals surface area contributed by atoms with Crippen LogP contribution < -0.4 is 4.90 Å². The summed E-state index contributed by atoms with van der Waals surface area (Å²) in [5.74, 6) is -0.409. The van der Waals surface area contributed by atoms with Crippen LogP contribution in [0.4, 0.5) is 5.69 Å². The maximum absolute atomic E-state index is 13.0. The Labute approximate surface area is 160 Å². The lowest BCUT2D eigenvalue weighted by atomic mass is 9.96. The zero-order valence-corrected chi connectivity index (χ0v) is 16.3. The van der Waals surface area contributed by atoms with Crippen molar-refractivity contribution in [1.82, 2.24) is 4.90 Å². The number of benzene rings is 1. The van der Waals surface area contributed by atoms with Crippen molar-refractivity contribution in [3.8, 4) is 0 Å². The molecule has 2 aliphatic rings. The van der Waals surface area contributed by atoms with Crippen molar-refractivity contribution in [3.05, 3.63) is 29.8 Å². The highest BCUT2D eigenvalue weighted by molar-refractivity contribution is 6.22. The predicted molar refractivity (Wildman–Crippen MR) is 102 cm³/mol. The van der Waals surface area contributed by atoms with Crippen LogP contribution in [0.3, 0.4) is 0 Å². The molecule has 0 N–H and O–H groups in total. The molecule has 146 valence electrons. The SMILES string of the molecule is CCOC(=O)[C@H]1CCCN([C@H]2CC(=O)N(c3ccc(C(C)C)cc3)C2=O)C1. The molecule has 6 heteroatoms. The molecule has 0 aromatic heterocycles. The smallest absolute Gasteiger partial charge is 0.310 e. The lowest BCUT2D eigenvalue weighted by molar-refractivity contribution is -0.150. The Hall–Kier alpha value is -2.21. The van der Waals surface area contributed by atoms with Crippen LogP contribution in [0, 0.1) is 5.92 Å². The van der Waals surface area contributed by atoms with Gasteiger partial charge in [0.2, 0.25) is 5.91 Å². The fraction of sp³-hybridized carbons (Fsp3) is 0.571. The van der Waals surface area contributed by atoms with Crippen LogP contribution in [-0.4, -0.2) is 48.4 Å². The summed E-state index contributed by atoms with van der Waals surface area (Å²) >= 11 is 0. The van der Waals surface area contributed by atoms with Crippen LogP contribution in [0.2, 0.25) is 0 Å². The molecule has 0 spiro atoms. The third-order valence-electron chi connectivity index (χ3n) is 5.45. The largest absolute Gasteiger partial charge is 0.466 e. The van der Waals surface area contributed by atoms with Crippen LogP contribution in [0.15, 0.2) is 24.3 Å². The van der Waals surface area contributed by atoms with E-state index in [4.69, 9.17) is 4.74 Å². The van der Waals surface area contributed by atoms with Gasteiger partial charge >= 0.3 is 5.97 Å². The first kappa shape index (κ1) is 19.5. The monoisotopic (exact) mass is 372 g/mol. The highest BCUT2D eigenvalue weighted by Crippen LogP contribution is 2.30. The van der Waals surface area contributed by atoms with E-state index in [1.165, 1.54) is 10.5 Å². The van der Waals surface area contributed by atoms with E-state index in [1.54, 1.807) is 6.92 Å². The van der Waals surface area contributed by atoms with Gasteiger partial charge in [-0.05, 0) is 49.9 Å². The van der Waals surface area contributed by atoms with E-state index in [1.807, 2.05) is 29.2 Å². The third-order valence-corrected chi connectivity index (χ3v) is 5.45. The normalized spacial score (nSPS) is 23.9. The summed E-state index contributed by atoms with van der Waals surface area (Å²) in [5, 5.41) is 0. The summed E-state index contributed by atoms with van der Waals surface area (Å²) in [6, 6.07) is 7.12. The Morgan fingerprint density at radius 3 is 2.56 bits per heavy atom. The molecule has 0 radical (unpaired) electrons. The molecule has 0 unspecified atom stereocenters. The van der Waals surface area contributed by atoms with E-state index >= 15 is 0 Å². The summed E-state index contributed by atoms with van der Waals surface area (Å²) in [6.07, 6.45) is 1.76. The Morgan fingerprint density at radius 2 is 1.93 bits per heavy atom. The minimum atomic E-state index is -0.487. The molecule has 0 aliphatic carbocycles. The molecule has 2 amide bonds. The maximum atomic E-state index is 13.0. The molecule has 1 aromatic rings. The number of likely N-dealkylation sites (tertiary alicyclic amines) is 1. The molecule has 2 heterocycles. The van der Waals surface area contributed by atoms with Gasteiger partial charge in [-0.2, -0.15) is 0 Å². The van der Waals surface area contributed by atoms with Gasteiger partial charge in [-0.15, -0.1) is 0 Å². The maximum Gasteiger partial charge on any atom is 0.310 e. The van der Waals surface area contributed by atoms with E-state index in [9.17, 15) is 14.4 Å². The molecular formula is C21H28N2O4. The van der Waals surface area contributed by atoms with Crippen molar-refractivity contribution in [2.24, 2.45) is 5.92 Å². The van der Waals surface area contributed by atoms with Gasteiger partial charge in [-0.1, -0.05) is 26.0 Å². The van der Waals surface area contributed by atoms with E-state index in [2.05, 4.69) is 13.8 Å². The minimum absolute atomic E-state index is 0.167. The first-order valence-corrected chi connectivity index (χ1v) is 9.79. The zero-order chi connectivity index (χ0) is 19.6. The fourth-order valence-electron chi connectivity index (χ4n) is 3.92. The van der Waals surface area contributed by atoms with Crippen molar-refractivity contribution in [2.45, 2.75) is 52.0 Å². The topological polar surface area (TPSA) is 66.9 Å². The molecule has 2 aliphatic heterocycles. The second-order valence-corrected chi connectivity index (χ2v) is 7.62. The number of anilines is 1. The summed E-state index contributed by atoms with van der Waals surface area (Å²) in [5.41, 5.74) is 1.79. The molecule has 27 heavy (non-hydrogen) atoms. The quantitative estimate of drug-likeness (QED) is 0.587. The molecule has 2 saturated heterocycles. The molecule has 0 saturated carbocycles. The Bertz CT molecular complexity index is 713. The zero-order valence-electron chi connectivity index (χ0n) is 16.3. The number of hydrogen-bond donors (Lipinski definition) is 0. The van der Waals surface area contributed by atoms with Gasteiger partial charge in [-0.25, -0.2) is 4.90 Å². The van der Waals surface area contributed by atoms with E-state index in [0.29, 0.717) is 24.8 Å². The van der Waals surface area contributed by atoms with E-state index in [-0.39, 0.29) is 30.1 Å². The molecule has 1 aromatic carbocycles. The molecule has 0 bridgehead atoms. The number of nitrogens with zero attached hydrogens (tertiary/aromatic N) is 2. The average molecular weight is 372 g/mol. The molecule has 6 nitrogen and oxygen atoms in total. The van der Waals surface area contributed by atoms with E-state index < -0.39 is 6.04 Å². The standard InChI is InChI=1S/C21H28N2O4/c1-4-27-21(26)16-6-5-11-22(13-16)18-12-19(24)23(20(18)25)17-9-7-15(8-10-17)14(2)3/h7-10,14,16,18H,4-6,11-13H2,1-3H3/t16-,18-/m0/s1. The van der Waals surface area contributed by atoms with Crippen molar-refractivity contribution in [3.63, 3.8) is 0 Å². The van der Waals surface area contributed by atoms with Gasteiger partial charge in [-0.3, -0.25) is 19.3 Å². The van der Waals surface area contributed by atoms with Crippen molar-refractivity contribution >= 4 is 23.5 Å². The van der Waals surface area contributed by atoms with Gasteiger partial charge in [0.25, 0.3) is 5.91 Å². The van der Waals surface area contributed by atoms with Crippen LogP contribution >= 0.6 is 0 Å². The molecule has 2 fully saturated rings. The van der Waals surface area contributed by atoms with Crippen LogP contribution in [0.1, 0.15) is 51.5 Å². The number of imide groups is 1. The van der Waals surface area contributed by atoms with E-state index in [0.717, 1.165) is 19.4 Å². The number of ether oxygens (including phenoxy) is 1. The van der Waals surface area contributed by atoms with Gasteiger partial charge in [0.1, 0.15) is 0 Å². The average Bonchev–Trinajstić information content (AvgIpc) is 2.96. The van der Waals surface area contributed by atoms with Crippen molar-refractivity contribution in [2.75, 3.05) is 24.6 Å². The Kier molecular flexibility index (Phi) is 5.95. The second kappa shape index (κ2) is 8.21. The third kappa shape index (κ3) is 4.05. The van der Waals surface area contributed by atoms with Gasteiger partial charge in [0, 0.05) is 6.54 Å². The van der Waals surface area contributed by atoms with Crippen LogP contribution in [0.5, 0.6) is 0 Å². The summed E-state index contributed by atoms with van der Waals surface area (Å²) < 4.78 is 5.13. The number of piperidine rings is 1. The van der Waals surface area contributed by atoms with Crippen molar-refractivity contribution < 1.29 is 19.1 Å². The van der Waals surface area contributed by atoms with Crippen molar-refractivity contribution in [1.29, 1.82) is 0 Å². The van der Waals surface area contributed by atoms with Gasteiger partial charge in [0.15, 0.2) is 0 Å². The van der Waals surface area contributed by atoms with Gasteiger partial charge in [0.05, 0.1) is 30.7 Å². The first-order valence-electron chi connectivity index (χ1n) is 9.79. The number of hydrogen-bond acceptors (Lipinski definition) is 5. The number of carbonyl (C=O) groups is 3. The lowest BCUT2D eigenvalue weighted by Gasteiger charge is -2.34. The Balaban J connectivity index is 1.72. The lowest BCUT2D eigenvalue weighted by Crippen LogP contribution is -2.48. The Morgan fingerprint density at radius 1 is 1.22 bits per heavy atom. The number of amides is 2. The minimum Gasteiger partial charge on any atom is -0.466 e. The number of carbonyl (C=O) groups excluding carboxylic acids is 3. The highest BCUT2D eigenvalue weighted by atomic mass is 16.5. The van der Waals surface area contributed by atoms with Gasteiger partial charge < -0.3 is 4.74 Å². The van der Waals surface area contributed by atoms with Crippen LogP contribution in [0.25, 0.3) is 0 Å². The summed E-state index contributed by atoms with van der Waals surface area (Å²) in [4.78, 5) is 40.9. The molecule has 3 rings (SSSR count). The fourth-order valence-corrected chi connectivity index (χ4v) is 3.92. The van der Waals surface area contributed by atoms with Crippen LogP contribution in [-0.2, 0) is 19.1 Å². The highest BCUT2D eigenvalue weighted by Gasteiger charge is 2.44. The predicted octanol–water partition coefficient (Wildman–Crippen LogP) is 2.72. The summed E-state index contributed by atoms with van der Waals surface area (Å²) in [6.45, 7) is 7.56. The molecular weight excluding hydrogens is 344 g/mol.